The van der Waals surface area contributed by atoms with Crippen molar-refractivity contribution in [3.63, 3.8) is 0 Å². The van der Waals surface area contributed by atoms with Crippen molar-refractivity contribution in [3.05, 3.63) is 11.9 Å². The van der Waals surface area contributed by atoms with Gasteiger partial charge < -0.3 is 10.4 Å². The van der Waals surface area contributed by atoms with Gasteiger partial charge in [0.25, 0.3) is 0 Å². The van der Waals surface area contributed by atoms with Crippen LogP contribution in [0.4, 0.5) is 0 Å². The zero-order valence-electron chi connectivity index (χ0n) is 11.8. The number of nitrogens with one attached hydrogen (secondary N) is 1. The van der Waals surface area contributed by atoms with E-state index in [1.54, 1.807) is 4.68 Å². The van der Waals surface area contributed by atoms with Gasteiger partial charge in [0.15, 0.2) is 0 Å². The minimum absolute atomic E-state index is 0.194. The van der Waals surface area contributed by atoms with Crippen LogP contribution in [-0.2, 0) is 13.1 Å². The van der Waals surface area contributed by atoms with Crippen molar-refractivity contribution in [1.82, 2.24) is 20.3 Å². The number of aryl methyl sites for hydroxylation is 1. The molecule has 1 aromatic heterocycles. The van der Waals surface area contributed by atoms with E-state index in [-0.39, 0.29) is 6.61 Å². The Bertz CT molecular complexity index is 323. The monoisotopic (exact) mass is 254 g/mol. The summed E-state index contributed by atoms with van der Waals surface area (Å²) in [5.74, 6) is 0.717. The molecule has 5 heteroatoms. The fourth-order valence-corrected chi connectivity index (χ4v) is 2.19. The molecule has 0 bridgehead atoms. The maximum atomic E-state index is 8.75. The standard InChI is InChI=1S/C13H26N4O/c1-4-12(5-2)11(3)14-9-13-10-17(16-15-13)7-6-8-18/h10-12,14,18H,4-9H2,1-3H3. The van der Waals surface area contributed by atoms with Crippen LogP contribution < -0.4 is 5.32 Å². The van der Waals surface area contributed by atoms with Gasteiger partial charge in [0.1, 0.15) is 0 Å². The van der Waals surface area contributed by atoms with Crippen molar-refractivity contribution in [2.75, 3.05) is 6.61 Å². The van der Waals surface area contributed by atoms with Crippen LogP contribution in [0.25, 0.3) is 0 Å². The lowest BCUT2D eigenvalue weighted by Crippen LogP contribution is -2.32. The first-order valence-corrected chi connectivity index (χ1v) is 6.94. The van der Waals surface area contributed by atoms with Gasteiger partial charge in [0.05, 0.1) is 5.69 Å². The van der Waals surface area contributed by atoms with Crippen molar-refractivity contribution < 1.29 is 5.11 Å². The van der Waals surface area contributed by atoms with Gasteiger partial charge in [0.2, 0.25) is 0 Å². The Morgan fingerprint density at radius 2 is 2.11 bits per heavy atom. The predicted octanol–water partition coefficient (Wildman–Crippen LogP) is 1.57. The van der Waals surface area contributed by atoms with E-state index in [2.05, 4.69) is 36.4 Å². The summed E-state index contributed by atoms with van der Waals surface area (Å²) in [5.41, 5.74) is 0.964. The number of rotatable bonds is 9. The molecule has 0 radical (unpaired) electrons. The highest BCUT2D eigenvalue weighted by molar-refractivity contribution is 4.92. The molecular weight excluding hydrogens is 228 g/mol. The second-order valence-corrected chi connectivity index (χ2v) is 4.80. The number of aliphatic hydroxyl groups is 1. The van der Waals surface area contributed by atoms with Gasteiger partial charge in [-0.15, -0.1) is 5.10 Å². The fraction of sp³-hybridized carbons (Fsp3) is 0.846. The van der Waals surface area contributed by atoms with Gasteiger partial charge >= 0.3 is 0 Å². The smallest absolute Gasteiger partial charge is 0.0964 e. The molecule has 0 aliphatic rings. The predicted molar refractivity (Wildman–Crippen MR) is 72.1 cm³/mol. The topological polar surface area (TPSA) is 63.0 Å². The maximum absolute atomic E-state index is 8.75. The summed E-state index contributed by atoms with van der Waals surface area (Å²) in [6.07, 6.45) is 5.07. The van der Waals surface area contributed by atoms with Crippen LogP contribution >= 0.6 is 0 Å². The molecule has 104 valence electrons. The van der Waals surface area contributed by atoms with Crippen LogP contribution in [-0.4, -0.2) is 32.7 Å². The van der Waals surface area contributed by atoms with Crippen molar-refractivity contribution in [1.29, 1.82) is 0 Å². The summed E-state index contributed by atoms with van der Waals surface area (Å²) in [6, 6.07) is 0.502. The first-order chi connectivity index (χ1) is 8.71. The molecule has 0 aliphatic carbocycles. The highest BCUT2D eigenvalue weighted by Crippen LogP contribution is 2.12. The molecule has 0 saturated carbocycles. The van der Waals surface area contributed by atoms with Crippen LogP contribution in [0.2, 0.25) is 0 Å². The Labute approximate surface area is 110 Å². The second-order valence-electron chi connectivity index (χ2n) is 4.80. The summed E-state index contributed by atoms with van der Waals surface area (Å²) in [5, 5.41) is 20.4. The molecule has 0 saturated heterocycles. The third-order valence-corrected chi connectivity index (χ3v) is 3.49. The Balaban J connectivity index is 2.36. The maximum Gasteiger partial charge on any atom is 0.0964 e. The molecule has 1 heterocycles. The molecule has 5 nitrogen and oxygen atoms in total. The zero-order chi connectivity index (χ0) is 13.4. The second kappa shape index (κ2) is 8.21. The minimum atomic E-state index is 0.194. The SMILES string of the molecule is CCC(CC)C(C)NCc1cn(CCCO)nn1. The van der Waals surface area contributed by atoms with Gasteiger partial charge in [-0.05, 0) is 19.3 Å². The summed E-state index contributed by atoms with van der Waals surface area (Å²) in [6.45, 7) is 8.38. The highest BCUT2D eigenvalue weighted by atomic mass is 16.3. The van der Waals surface area contributed by atoms with Gasteiger partial charge in [-0.25, -0.2) is 0 Å². The first-order valence-electron chi connectivity index (χ1n) is 6.94. The van der Waals surface area contributed by atoms with E-state index in [1.807, 2.05) is 6.20 Å². The highest BCUT2D eigenvalue weighted by Gasteiger charge is 2.13. The van der Waals surface area contributed by atoms with Crippen molar-refractivity contribution in [3.8, 4) is 0 Å². The number of hydrogen-bond acceptors (Lipinski definition) is 4. The molecule has 1 atom stereocenters. The number of aromatic nitrogens is 3. The van der Waals surface area contributed by atoms with Crippen molar-refractivity contribution in [2.24, 2.45) is 5.92 Å². The third kappa shape index (κ3) is 4.74. The molecule has 1 rings (SSSR count). The van der Waals surface area contributed by atoms with Crippen LogP contribution in [0.1, 0.15) is 45.7 Å². The molecule has 2 N–H and O–H groups in total. The van der Waals surface area contributed by atoms with E-state index in [4.69, 9.17) is 5.11 Å². The van der Waals surface area contributed by atoms with Gasteiger partial charge in [-0.3, -0.25) is 4.68 Å². The molecule has 1 unspecified atom stereocenters. The van der Waals surface area contributed by atoms with E-state index in [0.717, 1.165) is 31.1 Å². The van der Waals surface area contributed by atoms with E-state index >= 15 is 0 Å². The van der Waals surface area contributed by atoms with E-state index in [9.17, 15) is 0 Å². The average molecular weight is 254 g/mol. The van der Waals surface area contributed by atoms with E-state index in [0.29, 0.717) is 6.04 Å². The lowest BCUT2D eigenvalue weighted by Gasteiger charge is -2.21. The molecule has 0 aliphatic heterocycles. The number of aliphatic hydroxyl groups excluding tert-OH is 1. The molecule has 1 aromatic rings. The molecule has 0 amide bonds. The largest absolute Gasteiger partial charge is 0.396 e. The Hall–Kier alpha value is -0.940. The van der Waals surface area contributed by atoms with Gasteiger partial charge in [-0.2, -0.15) is 0 Å². The third-order valence-electron chi connectivity index (χ3n) is 3.49. The number of nitrogens with zero attached hydrogens (tertiary/aromatic N) is 3. The quantitative estimate of drug-likeness (QED) is 0.702. The molecule has 0 fully saturated rings. The summed E-state index contributed by atoms with van der Waals surface area (Å²) < 4.78 is 1.79. The Morgan fingerprint density at radius 3 is 2.72 bits per heavy atom. The fourth-order valence-electron chi connectivity index (χ4n) is 2.19. The molecule has 0 spiro atoms. The first kappa shape index (κ1) is 15.1. The molecule has 18 heavy (non-hydrogen) atoms. The summed E-state index contributed by atoms with van der Waals surface area (Å²) in [4.78, 5) is 0. The van der Waals surface area contributed by atoms with Crippen LogP contribution in [0.15, 0.2) is 6.20 Å². The Kier molecular flexibility index (Phi) is 6.90. The van der Waals surface area contributed by atoms with Gasteiger partial charge in [-0.1, -0.05) is 31.9 Å². The average Bonchev–Trinajstić information content (AvgIpc) is 2.83. The summed E-state index contributed by atoms with van der Waals surface area (Å²) >= 11 is 0. The molecular formula is C13H26N4O. The van der Waals surface area contributed by atoms with Crippen LogP contribution in [0.5, 0.6) is 0 Å². The van der Waals surface area contributed by atoms with Crippen molar-refractivity contribution >= 4 is 0 Å². The van der Waals surface area contributed by atoms with Crippen LogP contribution in [0, 0.1) is 5.92 Å². The molecule has 0 aromatic carbocycles. The van der Waals surface area contributed by atoms with Crippen LogP contribution in [0.3, 0.4) is 0 Å². The number of hydrogen-bond donors (Lipinski definition) is 2. The van der Waals surface area contributed by atoms with Gasteiger partial charge in [0, 0.05) is 31.9 Å². The summed E-state index contributed by atoms with van der Waals surface area (Å²) in [7, 11) is 0. The minimum Gasteiger partial charge on any atom is -0.396 e. The Morgan fingerprint density at radius 1 is 1.39 bits per heavy atom. The lowest BCUT2D eigenvalue weighted by molar-refractivity contribution is 0.276. The zero-order valence-corrected chi connectivity index (χ0v) is 11.8. The van der Waals surface area contributed by atoms with Crippen molar-refractivity contribution in [2.45, 2.75) is 59.2 Å². The normalized spacial score (nSPS) is 13.2. The van der Waals surface area contributed by atoms with E-state index < -0.39 is 0 Å². The lowest BCUT2D eigenvalue weighted by atomic mass is 9.95. The van der Waals surface area contributed by atoms with E-state index in [1.165, 1.54) is 12.8 Å².